The van der Waals surface area contributed by atoms with Crippen LogP contribution in [0.5, 0.6) is 0 Å². The lowest BCUT2D eigenvalue weighted by Gasteiger charge is -2.03. The Morgan fingerprint density at radius 3 is 2.64 bits per heavy atom. The largest absolute Gasteiger partial charge is 0.428 e. The highest BCUT2D eigenvalue weighted by Crippen LogP contribution is 2.04. The van der Waals surface area contributed by atoms with Crippen LogP contribution >= 0.6 is 15.9 Å². The van der Waals surface area contributed by atoms with Gasteiger partial charge >= 0.3 is 5.97 Å². The van der Waals surface area contributed by atoms with Crippen molar-refractivity contribution in [2.24, 2.45) is 0 Å². The van der Waals surface area contributed by atoms with Crippen molar-refractivity contribution >= 4 is 21.9 Å². The van der Waals surface area contributed by atoms with Crippen molar-refractivity contribution in [3.05, 3.63) is 11.6 Å². The minimum Gasteiger partial charge on any atom is -0.428 e. The first-order valence-electron chi connectivity index (χ1n) is 3.10. The molecule has 0 N–H and O–H groups in total. The van der Waals surface area contributed by atoms with Crippen LogP contribution in [0.25, 0.3) is 0 Å². The average molecular weight is 225 g/mol. The predicted octanol–water partition coefficient (Wildman–Crippen LogP) is 2.19. The lowest BCUT2D eigenvalue weighted by Crippen LogP contribution is -2.08. The molecule has 0 saturated carbocycles. The van der Waals surface area contributed by atoms with Crippen LogP contribution in [0.4, 0.5) is 4.39 Å². The van der Waals surface area contributed by atoms with Crippen LogP contribution in [0.15, 0.2) is 11.6 Å². The summed E-state index contributed by atoms with van der Waals surface area (Å²) in [7, 11) is 0. The van der Waals surface area contributed by atoms with Gasteiger partial charge in [-0.15, -0.1) is 0 Å². The fourth-order valence-electron chi connectivity index (χ4n) is 0.461. The second-order valence-electron chi connectivity index (χ2n) is 2.11. The van der Waals surface area contributed by atoms with Gasteiger partial charge in [-0.1, -0.05) is 21.5 Å². The molecule has 64 valence electrons. The monoisotopic (exact) mass is 224 g/mol. The van der Waals surface area contributed by atoms with Gasteiger partial charge in [-0.25, -0.2) is 0 Å². The average Bonchev–Trinajstić information content (AvgIpc) is 1.85. The van der Waals surface area contributed by atoms with Gasteiger partial charge in [0.2, 0.25) is 0 Å². The van der Waals surface area contributed by atoms with Crippen LogP contribution in [-0.2, 0) is 9.53 Å². The molecular formula is C7H10BrFO2. The van der Waals surface area contributed by atoms with Gasteiger partial charge in [-0.2, -0.15) is 4.39 Å². The molecule has 0 fully saturated rings. The minimum atomic E-state index is -1.62. The Bertz CT molecular complexity index is 168. The minimum absolute atomic E-state index is 0.578. The molecule has 0 radical (unpaired) electrons. The Morgan fingerprint density at radius 2 is 2.27 bits per heavy atom. The second-order valence-corrected chi connectivity index (χ2v) is 2.67. The molecule has 0 saturated heterocycles. The normalized spacial score (nSPS) is 14.4. The smallest absolute Gasteiger partial charge is 0.305 e. The molecule has 0 aliphatic rings. The summed E-state index contributed by atoms with van der Waals surface area (Å²) >= 11 is 3.13. The predicted molar refractivity (Wildman–Crippen MR) is 44.2 cm³/mol. The highest BCUT2D eigenvalue weighted by atomic mass is 79.9. The summed E-state index contributed by atoms with van der Waals surface area (Å²) in [5.41, 5.74) is 0.791. The summed E-state index contributed by atoms with van der Waals surface area (Å²) in [6.45, 7) is 2.91. The fourth-order valence-corrected chi connectivity index (χ4v) is 0.648. The van der Waals surface area contributed by atoms with Gasteiger partial charge in [-0.05, 0) is 13.0 Å². The first-order chi connectivity index (χ1) is 5.06. The molecule has 0 aliphatic heterocycles. The number of carbonyl (C=O) groups excluding carboxylic acids is 1. The van der Waals surface area contributed by atoms with Crippen LogP contribution < -0.4 is 0 Å². The van der Waals surface area contributed by atoms with E-state index in [1.807, 2.05) is 0 Å². The van der Waals surface area contributed by atoms with Crippen molar-refractivity contribution in [1.29, 1.82) is 0 Å². The number of ether oxygens (including phenoxy) is 1. The van der Waals surface area contributed by atoms with E-state index in [4.69, 9.17) is 0 Å². The van der Waals surface area contributed by atoms with E-state index in [9.17, 15) is 9.18 Å². The number of hydrogen-bond donors (Lipinski definition) is 0. The summed E-state index contributed by atoms with van der Waals surface area (Å²) in [6.07, 6.45) is -0.374. The van der Waals surface area contributed by atoms with E-state index in [1.54, 1.807) is 6.92 Å². The highest BCUT2D eigenvalue weighted by molar-refractivity contribution is 9.09. The van der Waals surface area contributed by atoms with E-state index in [0.717, 1.165) is 5.57 Å². The molecule has 0 heterocycles. The van der Waals surface area contributed by atoms with E-state index < -0.39 is 12.3 Å². The standard InChI is InChI=1S/C7H10BrFO2/c1-5(4-8)3-7(9)11-6(2)10/h3,7H,4H2,1-2H3/b5-3+. The summed E-state index contributed by atoms with van der Waals surface area (Å²) in [5.74, 6) is -0.615. The Morgan fingerprint density at radius 1 is 1.73 bits per heavy atom. The molecule has 0 aromatic heterocycles. The van der Waals surface area contributed by atoms with Gasteiger partial charge in [0.25, 0.3) is 6.36 Å². The number of halogens is 2. The van der Waals surface area contributed by atoms with Crippen molar-refractivity contribution in [3.63, 3.8) is 0 Å². The molecule has 1 atom stereocenters. The fraction of sp³-hybridized carbons (Fsp3) is 0.571. The number of allylic oxidation sites excluding steroid dienone is 1. The zero-order valence-electron chi connectivity index (χ0n) is 6.43. The molecule has 0 aromatic rings. The van der Waals surface area contributed by atoms with Gasteiger partial charge in [0.05, 0.1) is 0 Å². The summed E-state index contributed by atoms with van der Waals surface area (Å²) in [4.78, 5) is 10.2. The van der Waals surface area contributed by atoms with Gasteiger partial charge in [0, 0.05) is 12.3 Å². The maximum Gasteiger partial charge on any atom is 0.305 e. The van der Waals surface area contributed by atoms with Crippen molar-refractivity contribution < 1.29 is 13.9 Å². The zero-order chi connectivity index (χ0) is 8.85. The number of hydrogen-bond acceptors (Lipinski definition) is 2. The van der Waals surface area contributed by atoms with E-state index >= 15 is 0 Å². The third-order valence-electron chi connectivity index (χ3n) is 0.905. The first-order valence-corrected chi connectivity index (χ1v) is 4.23. The van der Waals surface area contributed by atoms with E-state index in [0.29, 0.717) is 5.33 Å². The van der Waals surface area contributed by atoms with Crippen LogP contribution in [0.3, 0.4) is 0 Å². The van der Waals surface area contributed by atoms with Crippen molar-refractivity contribution in [3.8, 4) is 0 Å². The lowest BCUT2D eigenvalue weighted by molar-refractivity contribution is -0.150. The maximum atomic E-state index is 12.6. The molecule has 0 amide bonds. The van der Waals surface area contributed by atoms with Crippen LogP contribution in [0.1, 0.15) is 13.8 Å². The van der Waals surface area contributed by atoms with Gasteiger partial charge < -0.3 is 4.74 Å². The van der Waals surface area contributed by atoms with E-state index in [1.165, 1.54) is 13.0 Å². The SMILES string of the molecule is CC(=O)OC(F)/C=C(\C)CBr. The molecule has 0 spiro atoms. The highest BCUT2D eigenvalue weighted by Gasteiger charge is 2.04. The number of alkyl halides is 2. The van der Waals surface area contributed by atoms with Crippen molar-refractivity contribution in [2.45, 2.75) is 20.2 Å². The third kappa shape index (κ3) is 6.04. The molecule has 11 heavy (non-hydrogen) atoms. The molecule has 2 nitrogen and oxygen atoms in total. The van der Waals surface area contributed by atoms with Crippen LogP contribution in [0, 0.1) is 0 Å². The van der Waals surface area contributed by atoms with Gasteiger partial charge in [0.15, 0.2) is 0 Å². The van der Waals surface area contributed by atoms with Crippen LogP contribution in [-0.4, -0.2) is 17.7 Å². The van der Waals surface area contributed by atoms with Gasteiger partial charge in [0.1, 0.15) is 0 Å². The van der Waals surface area contributed by atoms with Gasteiger partial charge in [-0.3, -0.25) is 4.79 Å². The summed E-state index contributed by atoms with van der Waals surface area (Å²) in [5, 5.41) is 0.578. The molecule has 1 unspecified atom stereocenters. The van der Waals surface area contributed by atoms with Crippen LogP contribution in [0.2, 0.25) is 0 Å². The number of carbonyl (C=O) groups is 1. The Labute approximate surface area is 73.5 Å². The number of esters is 1. The topological polar surface area (TPSA) is 26.3 Å². The van der Waals surface area contributed by atoms with E-state index in [-0.39, 0.29) is 0 Å². The quantitative estimate of drug-likeness (QED) is 0.418. The molecule has 0 rings (SSSR count). The third-order valence-corrected chi connectivity index (χ3v) is 1.79. The Kier molecular flexibility index (Phi) is 5.11. The molecular weight excluding hydrogens is 215 g/mol. The zero-order valence-corrected chi connectivity index (χ0v) is 8.02. The molecule has 0 bridgehead atoms. The second kappa shape index (κ2) is 5.29. The summed E-state index contributed by atoms with van der Waals surface area (Å²) < 4.78 is 16.8. The van der Waals surface area contributed by atoms with Crippen molar-refractivity contribution in [1.82, 2.24) is 0 Å². The van der Waals surface area contributed by atoms with Crippen molar-refractivity contribution in [2.75, 3.05) is 5.33 Å². The molecule has 0 aromatic carbocycles. The molecule has 0 aliphatic carbocycles. The Hall–Kier alpha value is -0.380. The Balaban J connectivity index is 3.85. The first kappa shape index (κ1) is 10.6. The lowest BCUT2D eigenvalue weighted by atomic mass is 10.3. The maximum absolute atomic E-state index is 12.6. The molecule has 4 heteroatoms. The number of rotatable bonds is 3. The van der Waals surface area contributed by atoms with E-state index in [2.05, 4.69) is 20.7 Å². The summed E-state index contributed by atoms with van der Waals surface area (Å²) in [6, 6.07) is 0.